The summed E-state index contributed by atoms with van der Waals surface area (Å²) in [7, 11) is -3.31. The lowest BCUT2D eigenvalue weighted by atomic mass is 10.2. The average molecular weight is 296 g/mol. The number of hydrogen-bond acceptors (Lipinski definition) is 3. The fraction of sp³-hybridized carbons (Fsp3) is 0.500. The van der Waals surface area contributed by atoms with Crippen LogP contribution in [0.15, 0.2) is 24.3 Å². The lowest BCUT2D eigenvalue weighted by molar-refractivity contribution is -0.117. The van der Waals surface area contributed by atoms with E-state index >= 15 is 0 Å². The maximum Gasteiger partial charge on any atom is 0.232 e. The minimum absolute atomic E-state index is 0.0778. The lowest BCUT2D eigenvalue weighted by Gasteiger charge is -2.16. The van der Waals surface area contributed by atoms with Gasteiger partial charge in [0.05, 0.1) is 5.75 Å². The molecule has 0 saturated carbocycles. The zero-order valence-corrected chi connectivity index (χ0v) is 12.6. The SMILES string of the molecule is CC(C)CS(=O)(=O)Nc1ccc(N2CCCC2=O)cc1. The Kier molecular flexibility index (Phi) is 4.32. The Morgan fingerprint density at radius 1 is 1.25 bits per heavy atom. The standard InChI is InChI=1S/C14H20N2O3S/c1-11(2)10-20(18,19)15-12-5-7-13(8-6-12)16-9-3-4-14(16)17/h5-8,11,15H,3-4,9-10H2,1-2H3. The molecule has 0 radical (unpaired) electrons. The molecule has 5 nitrogen and oxygen atoms in total. The van der Waals surface area contributed by atoms with Crippen LogP contribution in [-0.2, 0) is 14.8 Å². The highest BCUT2D eigenvalue weighted by Crippen LogP contribution is 2.23. The molecule has 1 amide bonds. The van der Waals surface area contributed by atoms with Crippen LogP contribution in [-0.4, -0.2) is 26.6 Å². The summed E-state index contributed by atoms with van der Waals surface area (Å²) < 4.78 is 26.2. The average Bonchev–Trinajstić information content (AvgIpc) is 2.74. The van der Waals surface area contributed by atoms with Gasteiger partial charge in [-0.2, -0.15) is 0 Å². The Morgan fingerprint density at radius 3 is 2.40 bits per heavy atom. The molecule has 1 saturated heterocycles. The number of amides is 1. The van der Waals surface area contributed by atoms with E-state index in [2.05, 4.69) is 4.72 Å². The van der Waals surface area contributed by atoms with E-state index in [1.54, 1.807) is 29.2 Å². The van der Waals surface area contributed by atoms with Gasteiger partial charge in [0, 0.05) is 24.3 Å². The summed E-state index contributed by atoms with van der Waals surface area (Å²) in [5.41, 5.74) is 1.35. The lowest BCUT2D eigenvalue weighted by Crippen LogP contribution is -2.23. The van der Waals surface area contributed by atoms with Gasteiger partial charge in [0.25, 0.3) is 0 Å². The summed E-state index contributed by atoms with van der Waals surface area (Å²) in [6, 6.07) is 6.94. The van der Waals surface area contributed by atoms with Crippen LogP contribution in [0.4, 0.5) is 11.4 Å². The third kappa shape index (κ3) is 3.72. The van der Waals surface area contributed by atoms with Gasteiger partial charge in [0.15, 0.2) is 0 Å². The van der Waals surface area contributed by atoms with Crippen LogP contribution in [0.5, 0.6) is 0 Å². The molecule has 2 rings (SSSR count). The van der Waals surface area contributed by atoms with E-state index in [9.17, 15) is 13.2 Å². The first-order valence-corrected chi connectivity index (χ1v) is 8.43. The Morgan fingerprint density at radius 2 is 1.90 bits per heavy atom. The summed E-state index contributed by atoms with van der Waals surface area (Å²) in [6.45, 7) is 4.46. The minimum atomic E-state index is -3.31. The van der Waals surface area contributed by atoms with Gasteiger partial charge in [0.2, 0.25) is 15.9 Å². The van der Waals surface area contributed by atoms with E-state index in [1.165, 1.54) is 0 Å². The van der Waals surface area contributed by atoms with Gasteiger partial charge in [-0.25, -0.2) is 8.42 Å². The summed E-state index contributed by atoms with van der Waals surface area (Å²) in [4.78, 5) is 13.4. The third-order valence-electron chi connectivity index (χ3n) is 3.08. The van der Waals surface area contributed by atoms with E-state index in [4.69, 9.17) is 0 Å². The van der Waals surface area contributed by atoms with E-state index in [0.29, 0.717) is 12.1 Å². The van der Waals surface area contributed by atoms with Crippen molar-refractivity contribution in [2.24, 2.45) is 5.92 Å². The number of carbonyl (C=O) groups is 1. The highest BCUT2D eigenvalue weighted by atomic mass is 32.2. The Balaban J connectivity index is 2.07. The molecule has 1 aromatic carbocycles. The van der Waals surface area contributed by atoms with Crippen LogP contribution in [0.2, 0.25) is 0 Å². The molecule has 1 fully saturated rings. The molecule has 0 bridgehead atoms. The monoisotopic (exact) mass is 296 g/mol. The van der Waals surface area contributed by atoms with Gasteiger partial charge in [-0.1, -0.05) is 13.8 Å². The number of nitrogens with zero attached hydrogens (tertiary/aromatic N) is 1. The maximum atomic E-state index is 11.8. The van der Waals surface area contributed by atoms with Crippen molar-refractivity contribution in [2.75, 3.05) is 21.9 Å². The first-order chi connectivity index (χ1) is 9.37. The van der Waals surface area contributed by atoms with Gasteiger partial charge in [-0.15, -0.1) is 0 Å². The molecule has 1 aromatic rings. The topological polar surface area (TPSA) is 66.5 Å². The molecule has 1 N–H and O–H groups in total. The molecular formula is C14H20N2O3S. The van der Waals surface area contributed by atoms with Crippen molar-refractivity contribution in [3.63, 3.8) is 0 Å². The summed E-state index contributed by atoms with van der Waals surface area (Å²) in [5, 5.41) is 0. The highest BCUT2D eigenvalue weighted by molar-refractivity contribution is 7.92. The second kappa shape index (κ2) is 5.83. The predicted molar refractivity (Wildman–Crippen MR) is 80.3 cm³/mol. The van der Waals surface area contributed by atoms with Crippen molar-refractivity contribution in [1.29, 1.82) is 0 Å². The van der Waals surface area contributed by atoms with Gasteiger partial charge >= 0.3 is 0 Å². The molecule has 0 atom stereocenters. The van der Waals surface area contributed by atoms with Crippen LogP contribution < -0.4 is 9.62 Å². The fourth-order valence-corrected chi connectivity index (χ4v) is 3.75. The van der Waals surface area contributed by atoms with Crippen LogP contribution >= 0.6 is 0 Å². The van der Waals surface area contributed by atoms with E-state index in [1.807, 2.05) is 13.8 Å². The van der Waals surface area contributed by atoms with E-state index < -0.39 is 10.0 Å². The fourth-order valence-electron chi connectivity index (χ4n) is 2.29. The maximum absolute atomic E-state index is 11.8. The number of hydrogen-bond donors (Lipinski definition) is 1. The first kappa shape index (κ1) is 14.8. The number of benzene rings is 1. The molecule has 0 aliphatic carbocycles. The van der Waals surface area contributed by atoms with Crippen molar-refractivity contribution in [3.8, 4) is 0 Å². The molecule has 6 heteroatoms. The molecule has 0 unspecified atom stereocenters. The summed E-state index contributed by atoms with van der Waals surface area (Å²) in [5.74, 6) is 0.298. The van der Waals surface area contributed by atoms with E-state index in [-0.39, 0.29) is 17.6 Å². The molecule has 20 heavy (non-hydrogen) atoms. The summed E-state index contributed by atoms with van der Waals surface area (Å²) in [6.07, 6.45) is 1.46. The highest BCUT2D eigenvalue weighted by Gasteiger charge is 2.21. The molecule has 110 valence electrons. The molecule has 1 heterocycles. The smallest absolute Gasteiger partial charge is 0.232 e. The van der Waals surface area contributed by atoms with Crippen molar-refractivity contribution in [1.82, 2.24) is 0 Å². The van der Waals surface area contributed by atoms with Crippen molar-refractivity contribution in [2.45, 2.75) is 26.7 Å². The zero-order chi connectivity index (χ0) is 14.8. The quantitative estimate of drug-likeness (QED) is 0.906. The Labute approximate surface area is 120 Å². The predicted octanol–water partition coefficient (Wildman–Crippen LogP) is 2.21. The zero-order valence-electron chi connectivity index (χ0n) is 11.8. The molecule has 0 spiro atoms. The molecule has 1 aliphatic heterocycles. The number of rotatable bonds is 5. The van der Waals surface area contributed by atoms with Crippen LogP contribution in [0, 0.1) is 5.92 Å². The van der Waals surface area contributed by atoms with Crippen molar-refractivity contribution in [3.05, 3.63) is 24.3 Å². The first-order valence-electron chi connectivity index (χ1n) is 6.78. The normalized spacial score (nSPS) is 15.9. The van der Waals surface area contributed by atoms with Crippen LogP contribution in [0.1, 0.15) is 26.7 Å². The molecular weight excluding hydrogens is 276 g/mol. The second-order valence-electron chi connectivity index (χ2n) is 5.47. The Bertz CT molecular complexity index is 579. The number of nitrogens with one attached hydrogen (secondary N) is 1. The number of sulfonamides is 1. The van der Waals surface area contributed by atoms with Crippen molar-refractivity contribution < 1.29 is 13.2 Å². The van der Waals surface area contributed by atoms with Crippen molar-refractivity contribution >= 4 is 27.3 Å². The molecule has 0 aromatic heterocycles. The van der Waals surface area contributed by atoms with Gasteiger partial charge in [-0.05, 0) is 36.6 Å². The van der Waals surface area contributed by atoms with E-state index in [0.717, 1.165) is 18.7 Å². The number of anilines is 2. The van der Waals surface area contributed by atoms with Crippen LogP contribution in [0.25, 0.3) is 0 Å². The summed E-state index contributed by atoms with van der Waals surface area (Å²) >= 11 is 0. The second-order valence-corrected chi connectivity index (χ2v) is 7.24. The minimum Gasteiger partial charge on any atom is -0.312 e. The molecule has 1 aliphatic rings. The van der Waals surface area contributed by atoms with Gasteiger partial charge in [-0.3, -0.25) is 9.52 Å². The number of carbonyl (C=O) groups excluding carboxylic acids is 1. The largest absolute Gasteiger partial charge is 0.312 e. The Hall–Kier alpha value is -1.56. The van der Waals surface area contributed by atoms with Gasteiger partial charge < -0.3 is 4.90 Å². The van der Waals surface area contributed by atoms with Crippen LogP contribution in [0.3, 0.4) is 0 Å². The van der Waals surface area contributed by atoms with Gasteiger partial charge in [0.1, 0.15) is 0 Å². The third-order valence-corrected chi connectivity index (χ3v) is 4.73.